The number of aromatic nitrogens is 3. The minimum absolute atomic E-state index is 0.207. The van der Waals surface area contributed by atoms with Gasteiger partial charge in [-0.1, -0.05) is 23.4 Å². The molecule has 0 aliphatic rings. The Balaban J connectivity index is 1.72. The summed E-state index contributed by atoms with van der Waals surface area (Å²) >= 11 is 0. The summed E-state index contributed by atoms with van der Waals surface area (Å²) in [5.41, 5.74) is 1.43. The second-order valence-corrected chi connectivity index (χ2v) is 5.19. The van der Waals surface area contributed by atoms with Crippen LogP contribution in [0.25, 0.3) is 11.4 Å². The second kappa shape index (κ2) is 7.43. The fraction of sp³-hybridized carbons (Fsp3) is 0.176. The van der Waals surface area contributed by atoms with E-state index in [-0.39, 0.29) is 24.8 Å². The molecule has 3 rings (SSSR count). The van der Waals surface area contributed by atoms with Crippen molar-refractivity contribution in [2.75, 3.05) is 7.11 Å². The van der Waals surface area contributed by atoms with Gasteiger partial charge in [-0.3, -0.25) is 14.3 Å². The maximum absolute atomic E-state index is 12.2. The standard InChI is InChI=1S/C17H16N4O4/c1-24-14-7-3-2-5-12(14)10-19-15(22)11-21-16(20-25-17(21)23)13-6-4-8-18-9-13/h2-9H,10-11H2,1H3,(H,19,22). The van der Waals surface area contributed by atoms with Gasteiger partial charge in [0.05, 0.1) is 7.11 Å². The fourth-order valence-corrected chi connectivity index (χ4v) is 2.35. The van der Waals surface area contributed by atoms with Crippen LogP contribution in [0, 0.1) is 0 Å². The van der Waals surface area contributed by atoms with Crippen molar-refractivity contribution in [1.82, 2.24) is 20.0 Å². The molecule has 0 saturated heterocycles. The number of ether oxygens (including phenoxy) is 1. The number of nitrogens with zero attached hydrogens (tertiary/aromatic N) is 3. The number of hydrogen-bond acceptors (Lipinski definition) is 6. The molecule has 2 heterocycles. The summed E-state index contributed by atoms with van der Waals surface area (Å²) in [6.45, 7) is 0.0762. The summed E-state index contributed by atoms with van der Waals surface area (Å²) in [6, 6.07) is 10.8. The Morgan fingerprint density at radius 3 is 2.88 bits per heavy atom. The molecule has 0 bridgehead atoms. The molecule has 25 heavy (non-hydrogen) atoms. The molecule has 0 aliphatic heterocycles. The Labute approximate surface area is 143 Å². The number of para-hydroxylation sites is 1. The van der Waals surface area contributed by atoms with Crippen molar-refractivity contribution in [3.8, 4) is 17.1 Å². The Bertz CT molecular complexity index is 918. The topological polar surface area (TPSA) is 99.2 Å². The number of methoxy groups -OCH3 is 1. The van der Waals surface area contributed by atoms with Crippen molar-refractivity contribution < 1.29 is 14.1 Å². The average molecular weight is 340 g/mol. The molecule has 8 heteroatoms. The van der Waals surface area contributed by atoms with Gasteiger partial charge in [0.15, 0.2) is 5.82 Å². The first-order valence-corrected chi connectivity index (χ1v) is 7.54. The van der Waals surface area contributed by atoms with Crippen LogP contribution in [-0.2, 0) is 17.9 Å². The lowest BCUT2D eigenvalue weighted by atomic mass is 10.2. The summed E-state index contributed by atoms with van der Waals surface area (Å²) in [4.78, 5) is 28.0. The molecule has 0 saturated carbocycles. The van der Waals surface area contributed by atoms with E-state index in [1.54, 1.807) is 31.6 Å². The van der Waals surface area contributed by atoms with Crippen molar-refractivity contribution in [2.24, 2.45) is 0 Å². The van der Waals surface area contributed by atoms with Gasteiger partial charge in [0.1, 0.15) is 12.3 Å². The summed E-state index contributed by atoms with van der Waals surface area (Å²) in [6.07, 6.45) is 3.15. The number of benzene rings is 1. The average Bonchev–Trinajstić information content (AvgIpc) is 3.01. The van der Waals surface area contributed by atoms with E-state index >= 15 is 0 Å². The Morgan fingerprint density at radius 1 is 1.28 bits per heavy atom. The summed E-state index contributed by atoms with van der Waals surface area (Å²) < 4.78 is 11.1. The highest BCUT2D eigenvalue weighted by molar-refractivity contribution is 5.76. The predicted octanol–water partition coefficient (Wildman–Crippen LogP) is 1.22. The van der Waals surface area contributed by atoms with E-state index in [0.717, 1.165) is 10.1 Å². The highest BCUT2D eigenvalue weighted by Crippen LogP contribution is 2.17. The van der Waals surface area contributed by atoms with Crippen molar-refractivity contribution in [2.45, 2.75) is 13.1 Å². The molecule has 0 fully saturated rings. The quantitative estimate of drug-likeness (QED) is 0.724. The number of carbonyl (C=O) groups excluding carboxylic acids is 1. The van der Waals surface area contributed by atoms with Crippen LogP contribution in [0.2, 0.25) is 0 Å². The van der Waals surface area contributed by atoms with E-state index < -0.39 is 5.76 Å². The molecule has 128 valence electrons. The molecule has 1 N–H and O–H groups in total. The van der Waals surface area contributed by atoms with Crippen molar-refractivity contribution in [3.05, 3.63) is 64.9 Å². The smallest absolute Gasteiger partial charge is 0.442 e. The van der Waals surface area contributed by atoms with Gasteiger partial charge in [0, 0.05) is 30.1 Å². The molecule has 2 aromatic heterocycles. The van der Waals surface area contributed by atoms with Crippen LogP contribution < -0.4 is 15.8 Å². The largest absolute Gasteiger partial charge is 0.496 e. The van der Waals surface area contributed by atoms with E-state index in [4.69, 9.17) is 4.74 Å². The zero-order valence-corrected chi connectivity index (χ0v) is 13.5. The number of rotatable bonds is 6. The Kier molecular flexibility index (Phi) is 4.89. The second-order valence-electron chi connectivity index (χ2n) is 5.19. The third-order valence-electron chi connectivity index (χ3n) is 3.58. The number of pyridine rings is 1. The van der Waals surface area contributed by atoms with Crippen LogP contribution in [0.15, 0.2) is 58.1 Å². The number of hydrogen-bond donors (Lipinski definition) is 1. The van der Waals surface area contributed by atoms with Crippen LogP contribution in [-0.4, -0.2) is 27.7 Å². The normalized spacial score (nSPS) is 10.4. The van der Waals surface area contributed by atoms with Gasteiger partial charge < -0.3 is 10.1 Å². The van der Waals surface area contributed by atoms with Crippen LogP contribution in [0.3, 0.4) is 0 Å². The van der Waals surface area contributed by atoms with E-state index in [2.05, 4.69) is 20.0 Å². The molecular formula is C17H16N4O4. The third-order valence-corrected chi connectivity index (χ3v) is 3.58. The Morgan fingerprint density at radius 2 is 2.12 bits per heavy atom. The van der Waals surface area contributed by atoms with Crippen molar-refractivity contribution in [3.63, 3.8) is 0 Å². The van der Waals surface area contributed by atoms with E-state index in [1.165, 1.54) is 0 Å². The summed E-state index contributed by atoms with van der Waals surface area (Å²) in [7, 11) is 1.57. The fourth-order valence-electron chi connectivity index (χ4n) is 2.35. The van der Waals surface area contributed by atoms with Gasteiger partial charge in [-0.25, -0.2) is 9.36 Å². The van der Waals surface area contributed by atoms with Crippen LogP contribution in [0.4, 0.5) is 0 Å². The van der Waals surface area contributed by atoms with E-state index in [1.807, 2.05) is 24.3 Å². The lowest BCUT2D eigenvalue weighted by Gasteiger charge is -2.10. The molecule has 8 nitrogen and oxygen atoms in total. The first kappa shape index (κ1) is 16.4. The maximum Gasteiger partial charge on any atom is 0.442 e. The molecule has 0 aliphatic carbocycles. The predicted molar refractivity (Wildman–Crippen MR) is 88.8 cm³/mol. The lowest BCUT2D eigenvalue weighted by Crippen LogP contribution is -2.31. The molecule has 0 atom stereocenters. The van der Waals surface area contributed by atoms with Crippen LogP contribution in [0.5, 0.6) is 5.75 Å². The highest BCUT2D eigenvalue weighted by atomic mass is 16.5. The van der Waals surface area contributed by atoms with Gasteiger partial charge in [-0.15, -0.1) is 0 Å². The number of carbonyl (C=O) groups is 1. The van der Waals surface area contributed by atoms with Crippen LogP contribution >= 0.6 is 0 Å². The van der Waals surface area contributed by atoms with Gasteiger partial charge in [0.2, 0.25) is 5.91 Å². The minimum Gasteiger partial charge on any atom is -0.496 e. The van der Waals surface area contributed by atoms with Gasteiger partial charge in [0.25, 0.3) is 0 Å². The first-order valence-electron chi connectivity index (χ1n) is 7.54. The molecule has 3 aromatic rings. The molecule has 1 amide bonds. The minimum atomic E-state index is -0.703. The zero-order chi connectivity index (χ0) is 17.6. The van der Waals surface area contributed by atoms with Gasteiger partial charge >= 0.3 is 5.76 Å². The van der Waals surface area contributed by atoms with Crippen molar-refractivity contribution in [1.29, 1.82) is 0 Å². The summed E-state index contributed by atoms with van der Waals surface area (Å²) in [5.74, 6) is -0.112. The van der Waals surface area contributed by atoms with E-state index in [0.29, 0.717) is 11.3 Å². The molecular weight excluding hydrogens is 324 g/mol. The van der Waals surface area contributed by atoms with Gasteiger partial charge in [-0.2, -0.15) is 0 Å². The first-order chi connectivity index (χ1) is 12.2. The molecule has 0 unspecified atom stereocenters. The Hall–Kier alpha value is -3.42. The van der Waals surface area contributed by atoms with Crippen molar-refractivity contribution >= 4 is 5.91 Å². The molecule has 0 radical (unpaired) electrons. The van der Waals surface area contributed by atoms with E-state index in [9.17, 15) is 9.59 Å². The third kappa shape index (κ3) is 3.74. The zero-order valence-electron chi connectivity index (χ0n) is 13.5. The molecule has 0 spiro atoms. The van der Waals surface area contributed by atoms with Crippen LogP contribution in [0.1, 0.15) is 5.56 Å². The number of amides is 1. The monoisotopic (exact) mass is 340 g/mol. The lowest BCUT2D eigenvalue weighted by molar-refractivity contribution is -0.121. The van der Waals surface area contributed by atoms with Gasteiger partial charge in [-0.05, 0) is 18.2 Å². The summed E-state index contributed by atoms with van der Waals surface area (Å²) in [5, 5.41) is 6.47. The molecule has 1 aromatic carbocycles. The highest BCUT2D eigenvalue weighted by Gasteiger charge is 2.16. The number of nitrogens with one attached hydrogen (secondary N) is 1. The maximum atomic E-state index is 12.2. The SMILES string of the molecule is COc1ccccc1CNC(=O)Cn1c(-c2cccnc2)noc1=O.